The predicted octanol–water partition coefficient (Wildman–Crippen LogP) is 2.28. The highest BCUT2D eigenvalue weighted by Gasteiger charge is 2.18. The first kappa shape index (κ1) is 14.2. The first-order valence-corrected chi connectivity index (χ1v) is 7.98. The minimum absolute atomic E-state index is 0.146. The van der Waals surface area contributed by atoms with Crippen molar-refractivity contribution in [2.75, 3.05) is 0 Å². The molecule has 3 heterocycles. The summed E-state index contributed by atoms with van der Waals surface area (Å²) in [6.07, 6.45) is 3.94. The Kier molecular flexibility index (Phi) is 3.79. The van der Waals surface area contributed by atoms with Gasteiger partial charge in [-0.3, -0.25) is 9.36 Å². The molecule has 3 aromatic heterocycles. The molecular weight excluding hydrogens is 336 g/mol. The molecule has 0 spiro atoms. The molecule has 0 atom stereocenters. The van der Waals surface area contributed by atoms with Crippen LogP contribution in [0.3, 0.4) is 0 Å². The average molecular weight is 353 g/mol. The van der Waals surface area contributed by atoms with Crippen molar-refractivity contribution in [1.29, 1.82) is 0 Å². The minimum Gasteiger partial charge on any atom is -0.327 e. The molecule has 0 fully saturated rings. The van der Waals surface area contributed by atoms with E-state index in [2.05, 4.69) is 43.0 Å². The maximum Gasteiger partial charge on any atom is 0.286 e. The Morgan fingerprint density at radius 2 is 2.05 bits per heavy atom. The quantitative estimate of drug-likeness (QED) is 0.564. The number of unbranched alkanes of at least 4 members (excludes halogenated alkanes) is 2. The molecule has 0 saturated carbocycles. The molecule has 0 amide bonds. The van der Waals surface area contributed by atoms with Crippen LogP contribution in [0.1, 0.15) is 38.9 Å². The van der Waals surface area contributed by atoms with Crippen molar-refractivity contribution in [2.24, 2.45) is 0 Å². The molecule has 7 nitrogen and oxygen atoms in total. The molecule has 0 radical (unpaired) electrons. The largest absolute Gasteiger partial charge is 0.327 e. The monoisotopic (exact) mass is 352 g/mol. The van der Waals surface area contributed by atoms with Crippen molar-refractivity contribution in [3.8, 4) is 0 Å². The summed E-state index contributed by atoms with van der Waals surface area (Å²) in [5, 5.41) is 8.32. The van der Waals surface area contributed by atoms with E-state index in [0.29, 0.717) is 33.9 Å². The highest BCUT2D eigenvalue weighted by Crippen LogP contribution is 2.16. The summed E-state index contributed by atoms with van der Waals surface area (Å²) >= 11 is 3.31. The summed E-state index contributed by atoms with van der Waals surface area (Å²) in [5.74, 6) is 1.24. The Labute approximate surface area is 129 Å². The normalized spacial score (nSPS) is 11.8. The van der Waals surface area contributed by atoms with Crippen molar-refractivity contribution in [2.45, 2.75) is 46.1 Å². The Balaban J connectivity index is 2.31. The molecule has 0 aromatic carbocycles. The topological polar surface area (TPSA) is 80.9 Å². The number of aryl methyl sites for hydroxylation is 2. The van der Waals surface area contributed by atoms with Gasteiger partial charge in [-0.15, -0.1) is 10.2 Å². The van der Waals surface area contributed by atoms with Gasteiger partial charge in [0.15, 0.2) is 15.9 Å². The van der Waals surface area contributed by atoms with Crippen molar-refractivity contribution in [1.82, 2.24) is 29.1 Å². The van der Waals surface area contributed by atoms with E-state index in [4.69, 9.17) is 0 Å². The number of imidazole rings is 1. The second kappa shape index (κ2) is 5.59. The van der Waals surface area contributed by atoms with Gasteiger partial charge in [0.25, 0.3) is 5.56 Å². The van der Waals surface area contributed by atoms with Crippen LogP contribution >= 0.6 is 15.9 Å². The highest BCUT2D eigenvalue weighted by molar-refractivity contribution is 9.10. The first-order chi connectivity index (χ1) is 10.2. The Morgan fingerprint density at radius 1 is 1.24 bits per heavy atom. The van der Waals surface area contributed by atoms with E-state index in [0.717, 1.165) is 25.8 Å². The average Bonchev–Trinajstić information content (AvgIpc) is 3.06. The lowest BCUT2D eigenvalue weighted by Crippen LogP contribution is -2.21. The van der Waals surface area contributed by atoms with Crippen LogP contribution in [0.4, 0.5) is 0 Å². The van der Waals surface area contributed by atoms with Gasteiger partial charge in [-0.05, 0) is 22.4 Å². The van der Waals surface area contributed by atoms with Gasteiger partial charge >= 0.3 is 0 Å². The Hall–Kier alpha value is -1.70. The molecule has 0 aliphatic carbocycles. The second-order valence-corrected chi connectivity index (χ2v) is 5.75. The van der Waals surface area contributed by atoms with Crippen LogP contribution in [-0.2, 0) is 13.0 Å². The molecule has 0 bridgehead atoms. The molecule has 112 valence electrons. The number of halogens is 1. The molecule has 0 aliphatic heterocycles. The fourth-order valence-corrected chi connectivity index (χ4v) is 2.90. The minimum atomic E-state index is -0.146. The number of nitrogens with zero attached hydrogens (tertiary/aromatic N) is 5. The molecule has 8 heteroatoms. The van der Waals surface area contributed by atoms with Crippen LogP contribution < -0.4 is 5.56 Å². The van der Waals surface area contributed by atoms with Crippen molar-refractivity contribution in [3.63, 3.8) is 0 Å². The lowest BCUT2D eigenvalue weighted by Gasteiger charge is -2.08. The van der Waals surface area contributed by atoms with Crippen LogP contribution in [0.5, 0.6) is 0 Å². The summed E-state index contributed by atoms with van der Waals surface area (Å²) in [7, 11) is 0. The first-order valence-electron chi connectivity index (χ1n) is 7.19. The third-order valence-electron chi connectivity index (χ3n) is 3.58. The smallest absolute Gasteiger partial charge is 0.286 e. The van der Waals surface area contributed by atoms with E-state index in [1.807, 2.05) is 11.5 Å². The number of nitrogens with one attached hydrogen (secondary N) is 1. The summed E-state index contributed by atoms with van der Waals surface area (Å²) < 4.78 is 4.11. The van der Waals surface area contributed by atoms with E-state index in [1.165, 1.54) is 0 Å². The predicted molar refractivity (Wildman–Crippen MR) is 83.5 cm³/mol. The lowest BCUT2D eigenvalue weighted by atomic mass is 10.2. The summed E-state index contributed by atoms with van der Waals surface area (Å²) in [6, 6.07) is 0. The number of H-pyrrole nitrogens is 1. The van der Waals surface area contributed by atoms with Gasteiger partial charge in [-0.25, -0.2) is 9.38 Å². The maximum atomic E-state index is 12.6. The Bertz CT molecular complexity index is 846. The molecule has 0 saturated heterocycles. The van der Waals surface area contributed by atoms with Crippen LogP contribution in [0.2, 0.25) is 0 Å². The van der Waals surface area contributed by atoms with Gasteiger partial charge in [-0.1, -0.05) is 26.7 Å². The van der Waals surface area contributed by atoms with Gasteiger partial charge in [0.1, 0.15) is 5.82 Å². The molecule has 1 N–H and O–H groups in total. The van der Waals surface area contributed by atoms with Crippen molar-refractivity contribution < 1.29 is 0 Å². The molecule has 3 rings (SSSR count). The molecule has 21 heavy (non-hydrogen) atoms. The highest BCUT2D eigenvalue weighted by atomic mass is 79.9. The Morgan fingerprint density at radius 3 is 2.76 bits per heavy atom. The number of rotatable bonds is 5. The zero-order chi connectivity index (χ0) is 15.0. The van der Waals surface area contributed by atoms with E-state index in [1.54, 1.807) is 4.40 Å². The zero-order valence-corrected chi connectivity index (χ0v) is 13.6. The van der Waals surface area contributed by atoms with E-state index in [9.17, 15) is 4.79 Å². The van der Waals surface area contributed by atoms with Gasteiger partial charge in [0, 0.05) is 13.0 Å². The second-order valence-electron chi connectivity index (χ2n) is 5.00. The third-order valence-corrected chi connectivity index (χ3v) is 3.96. The summed E-state index contributed by atoms with van der Waals surface area (Å²) in [4.78, 5) is 20.0. The number of aromatic amines is 1. The maximum absolute atomic E-state index is 12.6. The lowest BCUT2D eigenvalue weighted by molar-refractivity contribution is 0.612. The standard InChI is InChI=1S/C13H17BrN6O/c1-3-5-6-7-19-10-9(15-12(14)16-10)11(21)20-8(4-2)17-18-13(19)20/h3-7H2,1-2H3,(H,15,16). The number of hydrogen-bond donors (Lipinski definition) is 1. The van der Waals surface area contributed by atoms with Crippen LogP contribution in [0.15, 0.2) is 9.53 Å². The molecule has 3 aromatic rings. The van der Waals surface area contributed by atoms with Crippen molar-refractivity contribution >= 4 is 32.9 Å². The van der Waals surface area contributed by atoms with Crippen LogP contribution in [0.25, 0.3) is 16.9 Å². The number of hydrogen-bond acceptors (Lipinski definition) is 4. The van der Waals surface area contributed by atoms with Gasteiger partial charge < -0.3 is 4.98 Å². The number of aromatic nitrogens is 6. The van der Waals surface area contributed by atoms with Crippen LogP contribution in [-0.4, -0.2) is 29.1 Å². The van der Waals surface area contributed by atoms with Gasteiger partial charge in [-0.2, -0.15) is 0 Å². The molecular formula is C13H17BrN6O. The van der Waals surface area contributed by atoms with E-state index < -0.39 is 0 Å². The zero-order valence-electron chi connectivity index (χ0n) is 12.1. The van der Waals surface area contributed by atoms with Crippen LogP contribution in [0, 0.1) is 0 Å². The SMILES string of the molecule is CCCCCn1c2nc(Br)[nH]c2c(=O)n2c(CC)nnc12. The summed E-state index contributed by atoms with van der Waals surface area (Å²) in [6.45, 7) is 4.89. The van der Waals surface area contributed by atoms with Gasteiger partial charge in [0.05, 0.1) is 0 Å². The summed E-state index contributed by atoms with van der Waals surface area (Å²) in [5.41, 5.74) is 0.970. The fraction of sp³-hybridized carbons (Fsp3) is 0.538. The van der Waals surface area contributed by atoms with E-state index >= 15 is 0 Å². The molecule has 0 aliphatic rings. The van der Waals surface area contributed by atoms with E-state index in [-0.39, 0.29) is 5.56 Å². The third kappa shape index (κ3) is 2.27. The van der Waals surface area contributed by atoms with Gasteiger partial charge in [0.2, 0.25) is 5.78 Å². The molecule has 0 unspecified atom stereocenters. The number of fused-ring (bicyclic) bond motifs is 2. The van der Waals surface area contributed by atoms with Crippen molar-refractivity contribution in [3.05, 3.63) is 20.9 Å². The fourth-order valence-electron chi connectivity index (χ4n) is 2.53.